The first-order valence-electron chi connectivity index (χ1n) is 9.15. The van der Waals surface area contributed by atoms with E-state index in [2.05, 4.69) is 5.32 Å². The number of methoxy groups -OCH3 is 2. The number of carbonyl (C=O) groups excluding carboxylic acids is 3. The molecule has 30 heavy (non-hydrogen) atoms. The Balaban J connectivity index is 1.74. The van der Waals surface area contributed by atoms with Crippen LogP contribution in [0.2, 0.25) is 0 Å². The van der Waals surface area contributed by atoms with E-state index in [-0.39, 0.29) is 11.4 Å². The Morgan fingerprint density at radius 1 is 1.00 bits per heavy atom. The lowest BCUT2D eigenvalue weighted by atomic mass is 10.1. The first kappa shape index (κ1) is 21.4. The van der Waals surface area contributed by atoms with Crippen LogP contribution in [0.5, 0.6) is 11.5 Å². The van der Waals surface area contributed by atoms with Gasteiger partial charge in [0.25, 0.3) is 11.1 Å². The Kier molecular flexibility index (Phi) is 6.47. The van der Waals surface area contributed by atoms with Crippen LogP contribution in [0.3, 0.4) is 0 Å². The van der Waals surface area contributed by atoms with E-state index in [0.717, 1.165) is 27.8 Å². The van der Waals surface area contributed by atoms with Gasteiger partial charge in [0.2, 0.25) is 5.91 Å². The molecule has 1 fully saturated rings. The van der Waals surface area contributed by atoms with Gasteiger partial charge in [0.05, 0.1) is 19.1 Å². The number of amides is 3. The van der Waals surface area contributed by atoms with Crippen molar-refractivity contribution in [1.82, 2.24) is 4.90 Å². The van der Waals surface area contributed by atoms with Gasteiger partial charge in [0.15, 0.2) is 0 Å². The highest BCUT2D eigenvalue weighted by atomic mass is 32.2. The summed E-state index contributed by atoms with van der Waals surface area (Å²) in [4.78, 5) is 38.6. The number of thioether (sulfide) groups is 1. The van der Waals surface area contributed by atoms with Gasteiger partial charge in [-0.3, -0.25) is 19.3 Å². The number of anilines is 1. The molecule has 1 heterocycles. The molecule has 0 spiro atoms. The number of benzene rings is 2. The minimum Gasteiger partial charge on any atom is -0.497 e. The number of aryl methyl sites for hydroxylation is 2. The van der Waals surface area contributed by atoms with E-state index >= 15 is 0 Å². The Hall–Kier alpha value is -3.26. The first-order chi connectivity index (χ1) is 14.3. The van der Waals surface area contributed by atoms with E-state index in [0.29, 0.717) is 22.7 Å². The van der Waals surface area contributed by atoms with Gasteiger partial charge in [-0.25, -0.2) is 0 Å². The zero-order valence-electron chi connectivity index (χ0n) is 17.1. The summed E-state index contributed by atoms with van der Waals surface area (Å²) in [6, 6.07) is 10.8. The summed E-state index contributed by atoms with van der Waals surface area (Å²) in [6.07, 6.45) is 1.58. The topological polar surface area (TPSA) is 84.9 Å². The molecule has 0 radical (unpaired) electrons. The first-order valence-corrected chi connectivity index (χ1v) is 9.97. The monoisotopic (exact) mass is 426 g/mol. The molecule has 156 valence electrons. The van der Waals surface area contributed by atoms with Crippen LogP contribution in [0, 0.1) is 13.8 Å². The van der Waals surface area contributed by atoms with Gasteiger partial charge < -0.3 is 14.8 Å². The average Bonchev–Trinajstić information content (AvgIpc) is 2.94. The molecule has 2 aromatic rings. The van der Waals surface area contributed by atoms with Crippen LogP contribution in [0.1, 0.15) is 16.7 Å². The summed E-state index contributed by atoms with van der Waals surface area (Å²) >= 11 is 0.794. The van der Waals surface area contributed by atoms with E-state index in [1.165, 1.54) is 14.2 Å². The molecule has 1 aliphatic heterocycles. The number of hydrogen-bond donors (Lipinski definition) is 1. The maximum absolute atomic E-state index is 12.7. The van der Waals surface area contributed by atoms with Crippen LogP contribution >= 0.6 is 11.8 Å². The molecular weight excluding hydrogens is 404 g/mol. The quantitative estimate of drug-likeness (QED) is 0.703. The van der Waals surface area contributed by atoms with E-state index in [9.17, 15) is 14.4 Å². The summed E-state index contributed by atoms with van der Waals surface area (Å²) < 4.78 is 10.5. The summed E-state index contributed by atoms with van der Waals surface area (Å²) in [5, 5.41) is 2.25. The zero-order valence-corrected chi connectivity index (χ0v) is 18.0. The molecular formula is C22H22N2O5S. The van der Waals surface area contributed by atoms with Crippen molar-refractivity contribution in [1.29, 1.82) is 0 Å². The zero-order chi connectivity index (χ0) is 21.8. The second kappa shape index (κ2) is 9.04. The fourth-order valence-electron chi connectivity index (χ4n) is 3.09. The smallest absolute Gasteiger partial charge is 0.294 e. The van der Waals surface area contributed by atoms with Gasteiger partial charge in [-0.15, -0.1) is 0 Å². The molecule has 1 saturated heterocycles. The van der Waals surface area contributed by atoms with Crippen molar-refractivity contribution in [3.63, 3.8) is 0 Å². The predicted molar refractivity (Wildman–Crippen MR) is 117 cm³/mol. The second-order valence-electron chi connectivity index (χ2n) is 6.84. The van der Waals surface area contributed by atoms with Crippen LogP contribution in [0.15, 0.2) is 41.3 Å². The Morgan fingerprint density at radius 3 is 2.17 bits per heavy atom. The van der Waals surface area contributed by atoms with Crippen LogP contribution < -0.4 is 14.8 Å². The largest absolute Gasteiger partial charge is 0.497 e. The molecule has 1 aliphatic rings. The van der Waals surface area contributed by atoms with Gasteiger partial charge in [-0.05, 0) is 72.6 Å². The number of ether oxygens (including phenoxy) is 2. The van der Waals surface area contributed by atoms with Crippen molar-refractivity contribution < 1.29 is 23.9 Å². The number of imide groups is 1. The molecule has 8 heteroatoms. The predicted octanol–water partition coefficient (Wildman–Crippen LogP) is 4.00. The summed E-state index contributed by atoms with van der Waals surface area (Å²) in [5.74, 6) is 0.175. The summed E-state index contributed by atoms with van der Waals surface area (Å²) in [6.45, 7) is 3.51. The molecule has 0 aliphatic carbocycles. The Labute approximate surface area is 179 Å². The standard InChI is InChI=1S/C22H22N2O5S/c1-13-5-14(2)7-16(6-13)23-20(25)12-24-21(26)19(30-22(24)27)10-15-8-17(28-3)11-18(9-15)29-4/h5-11H,12H2,1-4H3,(H,23,25)/b19-10+. The minimum atomic E-state index is -0.512. The van der Waals surface area contributed by atoms with Crippen molar-refractivity contribution in [3.05, 3.63) is 58.0 Å². The van der Waals surface area contributed by atoms with Gasteiger partial charge >= 0.3 is 0 Å². The fourth-order valence-corrected chi connectivity index (χ4v) is 3.93. The van der Waals surface area contributed by atoms with Crippen LogP contribution in [0.25, 0.3) is 6.08 Å². The summed E-state index contributed by atoms with van der Waals surface area (Å²) in [7, 11) is 3.06. The van der Waals surface area contributed by atoms with E-state index in [4.69, 9.17) is 9.47 Å². The highest BCUT2D eigenvalue weighted by molar-refractivity contribution is 8.18. The van der Waals surface area contributed by atoms with Gasteiger partial charge in [-0.2, -0.15) is 0 Å². The van der Waals surface area contributed by atoms with Crippen LogP contribution in [-0.2, 0) is 9.59 Å². The highest BCUT2D eigenvalue weighted by Gasteiger charge is 2.36. The third-order valence-corrected chi connectivity index (χ3v) is 5.26. The third kappa shape index (κ3) is 5.01. The van der Waals surface area contributed by atoms with Crippen molar-refractivity contribution in [2.45, 2.75) is 13.8 Å². The second-order valence-corrected chi connectivity index (χ2v) is 7.83. The van der Waals surface area contributed by atoms with Crippen molar-refractivity contribution in [2.75, 3.05) is 26.1 Å². The van der Waals surface area contributed by atoms with Crippen molar-refractivity contribution in [3.8, 4) is 11.5 Å². The molecule has 1 N–H and O–H groups in total. The minimum absolute atomic E-state index is 0.231. The molecule has 0 unspecified atom stereocenters. The Morgan fingerprint density at radius 2 is 1.60 bits per heavy atom. The van der Waals surface area contributed by atoms with E-state index < -0.39 is 17.1 Å². The molecule has 3 rings (SSSR count). The number of hydrogen-bond acceptors (Lipinski definition) is 6. The molecule has 0 atom stereocenters. The molecule has 0 saturated carbocycles. The fraction of sp³-hybridized carbons (Fsp3) is 0.227. The SMILES string of the molecule is COc1cc(/C=C2/SC(=O)N(CC(=O)Nc3cc(C)cc(C)c3)C2=O)cc(OC)c1. The third-order valence-electron chi connectivity index (χ3n) is 4.35. The molecule has 0 bridgehead atoms. The summed E-state index contributed by atoms with van der Waals surface area (Å²) in [5.41, 5.74) is 3.29. The number of rotatable bonds is 6. The molecule has 3 amide bonds. The average molecular weight is 426 g/mol. The number of nitrogens with one attached hydrogen (secondary N) is 1. The van der Waals surface area contributed by atoms with Crippen LogP contribution in [0.4, 0.5) is 10.5 Å². The normalized spacial score (nSPS) is 14.9. The van der Waals surface area contributed by atoms with Crippen LogP contribution in [-0.4, -0.2) is 42.7 Å². The lowest BCUT2D eigenvalue weighted by molar-refractivity contribution is -0.127. The number of nitrogens with zero attached hydrogens (tertiary/aromatic N) is 1. The van der Waals surface area contributed by atoms with Gasteiger partial charge in [-0.1, -0.05) is 6.07 Å². The maximum Gasteiger partial charge on any atom is 0.294 e. The highest BCUT2D eigenvalue weighted by Crippen LogP contribution is 2.33. The molecule has 0 aromatic heterocycles. The Bertz CT molecular complexity index is 1010. The lowest BCUT2D eigenvalue weighted by Gasteiger charge is -2.13. The van der Waals surface area contributed by atoms with Crippen molar-refractivity contribution in [2.24, 2.45) is 0 Å². The van der Waals surface area contributed by atoms with E-state index in [1.54, 1.807) is 24.3 Å². The molecule has 7 nitrogen and oxygen atoms in total. The van der Waals surface area contributed by atoms with Crippen molar-refractivity contribution >= 4 is 40.6 Å². The molecule has 2 aromatic carbocycles. The lowest BCUT2D eigenvalue weighted by Crippen LogP contribution is -2.36. The number of carbonyl (C=O) groups is 3. The van der Waals surface area contributed by atoms with E-state index in [1.807, 2.05) is 32.0 Å². The van der Waals surface area contributed by atoms with Gasteiger partial charge in [0, 0.05) is 11.8 Å². The maximum atomic E-state index is 12.7. The van der Waals surface area contributed by atoms with Gasteiger partial charge in [0.1, 0.15) is 18.0 Å².